The van der Waals surface area contributed by atoms with Crippen LogP contribution in [0.5, 0.6) is 0 Å². The van der Waals surface area contributed by atoms with E-state index in [1.165, 1.54) is 18.0 Å². The molecule has 5 aromatic rings. The van der Waals surface area contributed by atoms with Crippen molar-refractivity contribution in [3.63, 3.8) is 0 Å². The third-order valence-corrected chi connectivity index (χ3v) is 6.25. The van der Waals surface area contributed by atoms with Crippen LogP contribution >= 0.6 is 11.8 Å². The summed E-state index contributed by atoms with van der Waals surface area (Å²) < 4.78 is 7.61. The highest BCUT2D eigenvalue weighted by molar-refractivity contribution is 7.98. The Balaban J connectivity index is 1.31. The third-order valence-electron chi connectivity index (χ3n) is 5.34. The Morgan fingerprint density at radius 3 is 2.40 bits per heavy atom. The number of hydrogen-bond acceptors (Lipinski definition) is 6. The van der Waals surface area contributed by atoms with Crippen molar-refractivity contribution < 1.29 is 9.21 Å². The standard InChI is InChI=1S/C27H23N5O2S/c1-19-12-14-21(15-13-19)28-26(33)23-17-34-25(29-23)18-35-27-31-30-24(16-20-8-4-2-5-9-20)32(27)22-10-6-3-7-11-22/h2-15,17H,16,18H2,1H3,(H,28,33). The zero-order valence-electron chi connectivity index (χ0n) is 19.1. The fourth-order valence-electron chi connectivity index (χ4n) is 3.56. The van der Waals surface area contributed by atoms with Crippen LogP contribution in [0.3, 0.4) is 0 Å². The van der Waals surface area contributed by atoms with Gasteiger partial charge in [0.1, 0.15) is 12.1 Å². The smallest absolute Gasteiger partial charge is 0.277 e. The second kappa shape index (κ2) is 10.4. The van der Waals surface area contributed by atoms with Crippen LogP contribution in [0.2, 0.25) is 0 Å². The number of benzene rings is 3. The molecule has 0 aliphatic heterocycles. The van der Waals surface area contributed by atoms with Gasteiger partial charge < -0.3 is 9.73 Å². The highest BCUT2D eigenvalue weighted by atomic mass is 32.2. The minimum absolute atomic E-state index is 0.232. The number of rotatable bonds is 8. The van der Waals surface area contributed by atoms with E-state index in [1.807, 2.05) is 84.3 Å². The van der Waals surface area contributed by atoms with Crippen LogP contribution in [0.25, 0.3) is 5.69 Å². The van der Waals surface area contributed by atoms with Gasteiger partial charge in [0.2, 0.25) is 5.89 Å². The van der Waals surface area contributed by atoms with E-state index in [0.29, 0.717) is 23.8 Å². The van der Waals surface area contributed by atoms with E-state index in [-0.39, 0.29) is 11.6 Å². The zero-order chi connectivity index (χ0) is 24.0. The summed E-state index contributed by atoms with van der Waals surface area (Å²) in [6.45, 7) is 2.00. The van der Waals surface area contributed by atoms with Gasteiger partial charge in [0, 0.05) is 17.8 Å². The summed E-state index contributed by atoms with van der Waals surface area (Å²) in [7, 11) is 0. The summed E-state index contributed by atoms with van der Waals surface area (Å²) in [4.78, 5) is 16.9. The van der Waals surface area contributed by atoms with Gasteiger partial charge in [-0.15, -0.1) is 10.2 Å². The van der Waals surface area contributed by atoms with Crippen molar-refractivity contribution in [1.29, 1.82) is 0 Å². The monoisotopic (exact) mass is 481 g/mol. The number of carbonyl (C=O) groups excluding carboxylic acids is 1. The molecule has 1 N–H and O–H groups in total. The van der Waals surface area contributed by atoms with Gasteiger partial charge in [-0.3, -0.25) is 9.36 Å². The van der Waals surface area contributed by atoms with Crippen LogP contribution in [0, 0.1) is 6.92 Å². The average Bonchev–Trinajstić information content (AvgIpc) is 3.52. The molecule has 0 radical (unpaired) electrons. The van der Waals surface area contributed by atoms with Crippen molar-refractivity contribution in [1.82, 2.24) is 19.7 Å². The molecule has 7 nitrogen and oxygen atoms in total. The minimum Gasteiger partial charge on any atom is -0.447 e. The number of aromatic nitrogens is 4. The maximum atomic E-state index is 12.5. The van der Waals surface area contributed by atoms with Gasteiger partial charge in [-0.25, -0.2) is 4.98 Å². The van der Waals surface area contributed by atoms with Gasteiger partial charge in [-0.05, 0) is 36.8 Å². The SMILES string of the molecule is Cc1ccc(NC(=O)c2coc(CSc3nnc(Cc4ccccc4)n3-c3ccccc3)n2)cc1. The van der Waals surface area contributed by atoms with Crippen molar-refractivity contribution in [3.05, 3.63) is 120 Å². The molecule has 35 heavy (non-hydrogen) atoms. The maximum absolute atomic E-state index is 12.5. The molecule has 0 aliphatic rings. The number of amides is 1. The lowest BCUT2D eigenvalue weighted by molar-refractivity contribution is 0.102. The van der Waals surface area contributed by atoms with Crippen molar-refractivity contribution in [3.8, 4) is 5.69 Å². The molecule has 174 valence electrons. The topological polar surface area (TPSA) is 85.8 Å². The molecular formula is C27H23N5O2S. The summed E-state index contributed by atoms with van der Waals surface area (Å²) in [5.41, 5.74) is 4.21. The minimum atomic E-state index is -0.313. The number of hydrogen-bond donors (Lipinski definition) is 1. The zero-order valence-corrected chi connectivity index (χ0v) is 19.9. The van der Waals surface area contributed by atoms with E-state index in [4.69, 9.17) is 4.42 Å². The van der Waals surface area contributed by atoms with Gasteiger partial charge in [0.05, 0.1) is 5.75 Å². The van der Waals surface area contributed by atoms with Crippen molar-refractivity contribution in [2.24, 2.45) is 0 Å². The first-order valence-electron chi connectivity index (χ1n) is 11.1. The Hall–Kier alpha value is -4.17. The first-order chi connectivity index (χ1) is 17.2. The molecule has 0 unspecified atom stereocenters. The molecule has 3 aromatic carbocycles. The molecule has 0 bridgehead atoms. The van der Waals surface area contributed by atoms with Crippen molar-refractivity contribution in [2.75, 3.05) is 5.32 Å². The van der Waals surface area contributed by atoms with Crippen LogP contribution in [-0.4, -0.2) is 25.7 Å². The van der Waals surface area contributed by atoms with Crippen LogP contribution < -0.4 is 5.32 Å². The molecule has 1 amide bonds. The number of para-hydroxylation sites is 1. The predicted molar refractivity (Wildman–Crippen MR) is 136 cm³/mol. The number of nitrogens with zero attached hydrogens (tertiary/aromatic N) is 4. The van der Waals surface area contributed by atoms with Crippen LogP contribution in [0.4, 0.5) is 5.69 Å². The molecular weight excluding hydrogens is 458 g/mol. The summed E-state index contributed by atoms with van der Waals surface area (Å²) >= 11 is 1.46. The van der Waals surface area contributed by atoms with E-state index >= 15 is 0 Å². The third kappa shape index (κ3) is 5.50. The van der Waals surface area contributed by atoms with E-state index in [9.17, 15) is 4.79 Å². The van der Waals surface area contributed by atoms with Crippen molar-refractivity contribution in [2.45, 2.75) is 24.3 Å². The number of nitrogens with one attached hydrogen (secondary N) is 1. The number of aryl methyl sites for hydroxylation is 1. The lowest BCUT2D eigenvalue weighted by atomic mass is 10.1. The first kappa shape index (κ1) is 22.6. The highest BCUT2D eigenvalue weighted by Gasteiger charge is 2.17. The average molecular weight is 482 g/mol. The molecule has 0 saturated heterocycles. The predicted octanol–water partition coefficient (Wildman–Crippen LogP) is 5.70. The maximum Gasteiger partial charge on any atom is 0.277 e. The Morgan fingerprint density at radius 1 is 0.943 bits per heavy atom. The number of carbonyl (C=O) groups is 1. The van der Waals surface area contributed by atoms with Gasteiger partial charge in [-0.2, -0.15) is 0 Å². The highest BCUT2D eigenvalue weighted by Crippen LogP contribution is 2.26. The lowest BCUT2D eigenvalue weighted by Crippen LogP contribution is -2.12. The van der Waals surface area contributed by atoms with Gasteiger partial charge in [0.15, 0.2) is 10.9 Å². The number of anilines is 1. The van der Waals surface area contributed by atoms with E-state index in [0.717, 1.165) is 27.8 Å². The Kier molecular flexibility index (Phi) is 6.72. The van der Waals surface area contributed by atoms with Crippen LogP contribution in [0.1, 0.15) is 33.3 Å². The second-order valence-electron chi connectivity index (χ2n) is 7.97. The molecule has 0 spiro atoms. The molecule has 2 heterocycles. The quantitative estimate of drug-likeness (QED) is 0.286. The molecule has 0 atom stereocenters. The Bertz CT molecular complexity index is 1410. The Morgan fingerprint density at radius 2 is 1.66 bits per heavy atom. The number of thioether (sulfide) groups is 1. The van der Waals surface area contributed by atoms with Gasteiger partial charge in [-0.1, -0.05) is 78.0 Å². The Labute approximate surface area is 207 Å². The normalized spacial score (nSPS) is 10.9. The van der Waals surface area contributed by atoms with Gasteiger partial charge in [0.25, 0.3) is 5.91 Å². The summed E-state index contributed by atoms with van der Waals surface area (Å²) in [5.74, 6) is 1.38. The lowest BCUT2D eigenvalue weighted by Gasteiger charge is -2.10. The second-order valence-corrected chi connectivity index (χ2v) is 8.91. The number of oxazole rings is 1. The summed E-state index contributed by atoms with van der Waals surface area (Å²) in [6, 6.07) is 27.8. The molecule has 5 rings (SSSR count). The van der Waals surface area contributed by atoms with Crippen molar-refractivity contribution >= 4 is 23.4 Å². The fraction of sp³-hybridized carbons (Fsp3) is 0.111. The molecule has 0 aliphatic carbocycles. The van der Waals surface area contributed by atoms with E-state index in [1.54, 1.807) is 0 Å². The van der Waals surface area contributed by atoms with Gasteiger partial charge >= 0.3 is 0 Å². The fourth-order valence-corrected chi connectivity index (χ4v) is 4.39. The first-order valence-corrected chi connectivity index (χ1v) is 12.1. The molecule has 0 fully saturated rings. The summed E-state index contributed by atoms with van der Waals surface area (Å²) in [5, 5.41) is 12.5. The largest absolute Gasteiger partial charge is 0.447 e. The van der Waals surface area contributed by atoms with Crippen LogP contribution in [-0.2, 0) is 12.2 Å². The van der Waals surface area contributed by atoms with E-state index in [2.05, 4.69) is 32.6 Å². The molecule has 2 aromatic heterocycles. The van der Waals surface area contributed by atoms with E-state index < -0.39 is 0 Å². The molecule has 0 saturated carbocycles. The summed E-state index contributed by atoms with van der Waals surface area (Å²) in [6.07, 6.45) is 2.04. The molecule has 8 heteroatoms. The van der Waals surface area contributed by atoms with Crippen LogP contribution in [0.15, 0.2) is 101 Å².